The summed E-state index contributed by atoms with van der Waals surface area (Å²) >= 11 is 0. The Bertz CT molecular complexity index is 592. The van der Waals surface area contributed by atoms with Crippen LogP contribution in [0.15, 0.2) is 12.4 Å². The van der Waals surface area contributed by atoms with Crippen LogP contribution in [-0.4, -0.2) is 43.8 Å². The summed E-state index contributed by atoms with van der Waals surface area (Å²) in [5.41, 5.74) is -1.46. The summed E-state index contributed by atoms with van der Waals surface area (Å²) in [6, 6.07) is 0.0281. The maximum atomic E-state index is 12.5. The van der Waals surface area contributed by atoms with Gasteiger partial charge in [-0.3, -0.25) is 0 Å². The molecule has 2 aliphatic rings. The molecule has 1 amide bonds. The van der Waals surface area contributed by atoms with E-state index in [9.17, 15) is 9.90 Å². The van der Waals surface area contributed by atoms with Gasteiger partial charge in [-0.2, -0.15) is 0 Å². The quantitative estimate of drug-likeness (QED) is 0.862. The smallest absolute Gasteiger partial charge is 0.410 e. The van der Waals surface area contributed by atoms with Crippen molar-refractivity contribution in [1.82, 2.24) is 14.5 Å². The average Bonchev–Trinajstić information content (AvgIpc) is 2.99. The van der Waals surface area contributed by atoms with Gasteiger partial charge in [0, 0.05) is 38.4 Å². The molecular formula is C17H27N3O3. The average molecular weight is 321 g/mol. The summed E-state index contributed by atoms with van der Waals surface area (Å²) in [5, 5.41) is 11.1. The molecule has 2 heterocycles. The highest BCUT2D eigenvalue weighted by atomic mass is 16.6. The zero-order chi connectivity index (χ0) is 16.8. The van der Waals surface area contributed by atoms with Gasteiger partial charge in [0.2, 0.25) is 0 Å². The molecule has 1 N–H and O–H groups in total. The summed E-state index contributed by atoms with van der Waals surface area (Å²) in [6.07, 6.45) is 6.47. The zero-order valence-corrected chi connectivity index (χ0v) is 14.5. The first-order valence-electron chi connectivity index (χ1n) is 8.39. The maximum absolute atomic E-state index is 12.5. The number of imidazole rings is 1. The molecule has 0 radical (unpaired) electrons. The fourth-order valence-electron chi connectivity index (χ4n) is 4.06. The number of carbonyl (C=O) groups excluding carboxylic acids is 1. The molecule has 6 heteroatoms. The third kappa shape index (κ3) is 3.09. The Hall–Kier alpha value is -1.56. The van der Waals surface area contributed by atoms with Crippen LogP contribution in [0.4, 0.5) is 4.79 Å². The van der Waals surface area contributed by atoms with E-state index in [4.69, 9.17) is 4.74 Å². The first-order valence-corrected chi connectivity index (χ1v) is 8.39. The highest BCUT2D eigenvalue weighted by Gasteiger charge is 2.51. The number of hydrogen-bond acceptors (Lipinski definition) is 4. The predicted octanol–water partition coefficient (Wildman–Crippen LogP) is 2.42. The Morgan fingerprint density at radius 3 is 2.78 bits per heavy atom. The number of aryl methyl sites for hydroxylation is 1. The Morgan fingerprint density at radius 1 is 1.43 bits per heavy atom. The first-order chi connectivity index (χ1) is 10.7. The standard InChI is InChI=1S/C17H27N3O3/c1-16(2,3)23-15(21)20-8-5-6-12-10-17(22,11-13(12)20)14-18-7-9-19(14)4/h7,9,12-13,22H,5-6,8,10-11H2,1-4H3. The van der Waals surface area contributed by atoms with Gasteiger partial charge in [-0.05, 0) is 46.0 Å². The molecule has 1 saturated heterocycles. The van der Waals surface area contributed by atoms with Gasteiger partial charge in [-0.1, -0.05) is 0 Å². The fourth-order valence-corrected chi connectivity index (χ4v) is 4.06. The SMILES string of the molecule is Cn1ccnc1C1(O)CC2CCCN(C(=O)OC(C)(C)C)C2C1. The molecule has 3 unspecified atom stereocenters. The van der Waals surface area contributed by atoms with Crippen molar-refractivity contribution in [3.05, 3.63) is 18.2 Å². The second-order valence-electron chi connectivity index (χ2n) is 7.94. The Morgan fingerprint density at radius 2 is 2.17 bits per heavy atom. The van der Waals surface area contributed by atoms with Crippen LogP contribution in [0.3, 0.4) is 0 Å². The molecule has 3 atom stereocenters. The van der Waals surface area contributed by atoms with E-state index in [1.54, 1.807) is 6.20 Å². The summed E-state index contributed by atoms with van der Waals surface area (Å²) in [7, 11) is 1.90. The van der Waals surface area contributed by atoms with Crippen molar-refractivity contribution in [3.63, 3.8) is 0 Å². The van der Waals surface area contributed by atoms with E-state index in [-0.39, 0.29) is 12.1 Å². The summed E-state index contributed by atoms with van der Waals surface area (Å²) < 4.78 is 7.42. The number of piperidine rings is 1. The molecule has 1 aliphatic carbocycles. The number of aliphatic hydroxyl groups is 1. The molecule has 128 valence electrons. The zero-order valence-electron chi connectivity index (χ0n) is 14.5. The molecule has 3 rings (SSSR count). The van der Waals surface area contributed by atoms with Gasteiger partial charge in [0.15, 0.2) is 0 Å². The molecule has 0 bridgehead atoms. The lowest BCUT2D eigenvalue weighted by Crippen LogP contribution is -2.48. The molecule has 1 aromatic heterocycles. The van der Waals surface area contributed by atoms with Crippen LogP contribution in [0, 0.1) is 5.92 Å². The van der Waals surface area contributed by atoms with E-state index in [0.29, 0.717) is 31.1 Å². The van der Waals surface area contributed by atoms with E-state index >= 15 is 0 Å². The number of rotatable bonds is 1. The van der Waals surface area contributed by atoms with Crippen molar-refractivity contribution < 1.29 is 14.6 Å². The summed E-state index contributed by atoms with van der Waals surface area (Å²) in [6.45, 7) is 6.34. The number of amides is 1. The van der Waals surface area contributed by atoms with Crippen molar-refractivity contribution in [3.8, 4) is 0 Å². The number of aromatic nitrogens is 2. The second-order valence-corrected chi connectivity index (χ2v) is 7.94. The van der Waals surface area contributed by atoms with Gasteiger partial charge in [-0.15, -0.1) is 0 Å². The summed E-state index contributed by atoms with van der Waals surface area (Å²) in [4.78, 5) is 18.7. The van der Waals surface area contributed by atoms with Crippen molar-refractivity contribution in [1.29, 1.82) is 0 Å². The lowest BCUT2D eigenvalue weighted by Gasteiger charge is -2.38. The van der Waals surface area contributed by atoms with Crippen LogP contribution in [0.1, 0.15) is 52.3 Å². The number of ether oxygens (including phenoxy) is 1. The Balaban J connectivity index is 1.80. The van der Waals surface area contributed by atoms with Crippen molar-refractivity contribution in [2.45, 2.75) is 63.7 Å². The molecule has 1 aromatic rings. The van der Waals surface area contributed by atoms with Gasteiger partial charge in [0.1, 0.15) is 17.0 Å². The van der Waals surface area contributed by atoms with Gasteiger partial charge in [0.05, 0.1) is 0 Å². The highest BCUT2D eigenvalue weighted by molar-refractivity contribution is 5.69. The Kier molecular flexibility index (Phi) is 3.91. The number of fused-ring (bicyclic) bond motifs is 1. The van der Waals surface area contributed by atoms with Crippen LogP contribution in [0.25, 0.3) is 0 Å². The largest absolute Gasteiger partial charge is 0.444 e. The number of likely N-dealkylation sites (tertiary alicyclic amines) is 1. The Labute approximate surface area is 137 Å². The lowest BCUT2D eigenvalue weighted by atomic mass is 9.92. The molecule has 6 nitrogen and oxygen atoms in total. The maximum Gasteiger partial charge on any atom is 0.410 e. The van der Waals surface area contributed by atoms with Crippen LogP contribution in [0.2, 0.25) is 0 Å². The minimum absolute atomic E-state index is 0.0281. The molecule has 0 spiro atoms. The van der Waals surface area contributed by atoms with E-state index in [2.05, 4.69) is 4.98 Å². The molecule has 1 aliphatic heterocycles. The van der Waals surface area contributed by atoms with E-state index in [1.807, 2.05) is 43.5 Å². The predicted molar refractivity (Wildman–Crippen MR) is 85.8 cm³/mol. The third-order valence-corrected chi connectivity index (χ3v) is 4.93. The topological polar surface area (TPSA) is 67.6 Å². The second kappa shape index (κ2) is 5.51. The van der Waals surface area contributed by atoms with Gasteiger partial charge < -0.3 is 19.3 Å². The van der Waals surface area contributed by atoms with Gasteiger partial charge >= 0.3 is 6.09 Å². The molecule has 2 fully saturated rings. The lowest BCUT2D eigenvalue weighted by molar-refractivity contribution is -0.000363. The van der Waals surface area contributed by atoms with Crippen molar-refractivity contribution in [2.24, 2.45) is 13.0 Å². The molecule has 23 heavy (non-hydrogen) atoms. The number of carbonyl (C=O) groups is 1. The first kappa shape index (κ1) is 16.3. The van der Waals surface area contributed by atoms with E-state index in [0.717, 1.165) is 12.8 Å². The minimum Gasteiger partial charge on any atom is -0.444 e. The van der Waals surface area contributed by atoms with E-state index < -0.39 is 11.2 Å². The van der Waals surface area contributed by atoms with E-state index in [1.165, 1.54) is 0 Å². The number of nitrogens with zero attached hydrogens (tertiary/aromatic N) is 3. The minimum atomic E-state index is -0.960. The highest BCUT2D eigenvalue weighted by Crippen LogP contribution is 2.47. The monoisotopic (exact) mass is 321 g/mol. The van der Waals surface area contributed by atoms with Crippen LogP contribution < -0.4 is 0 Å². The van der Waals surface area contributed by atoms with Gasteiger partial charge in [0.25, 0.3) is 0 Å². The summed E-state index contributed by atoms with van der Waals surface area (Å²) in [5.74, 6) is 0.994. The van der Waals surface area contributed by atoms with Crippen molar-refractivity contribution >= 4 is 6.09 Å². The normalized spacial score (nSPS) is 31.1. The van der Waals surface area contributed by atoms with Crippen LogP contribution in [-0.2, 0) is 17.4 Å². The van der Waals surface area contributed by atoms with Crippen molar-refractivity contribution in [2.75, 3.05) is 6.54 Å². The molecular weight excluding hydrogens is 294 g/mol. The number of hydrogen-bond donors (Lipinski definition) is 1. The molecule has 0 aromatic carbocycles. The van der Waals surface area contributed by atoms with Crippen LogP contribution in [0.5, 0.6) is 0 Å². The van der Waals surface area contributed by atoms with Crippen LogP contribution >= 0.6 is 0 Å². The fraction of sp³-hybridized carbons (Fsp3) is 0.765. The molecule has 1 saturated carbocycles. The third-order valence-electron chi connectivity index (χ3n) is 4.93. The van der Waals surface area contributed by atoms with Gasteiger partial charge in [-0.25, -0.2) is 9.78 Å².